The van der Waals surface area contributed by atoms with Crippen LogP contribution in [-0.4, -0.2) is 10.1 Å². The fraction of sp³-hybridized carbons (Fsp3) is 0.300. The van der Waals surface area contributed by atoms with E-state index in [-0.39, 0.29) is 12.0 Å². The maximum atomic E-state index is 13.0. The van der Waals surface area contributed by atoms with E-state index in [0.717, 1.165) is 6.20 Å². The summed E-state index contributed by atoms with van der Waals surface area (Å²) in [5.74, 6) is 4.83. The van der Waals surface area contributed by atoms with Crippen molar-refractivity contribution in [2.24, 2.45) is 0 Å². The Bertz CT molecular complexity index is 340. The number of rotatable bonds is 2. The highest BCUT2D eigenvalue weighted by Crippen LogP contribution is 2.17. The third kappa shape index (κ3) is 2.53. The first-order valence-corrected chi connectivity index (χ1v) is 3.92. The maximum Gasteiger partial charge on any atom is 0.147 e. The number of pyridine rings is 1. The van der Waals surface area contributed by atoms with Crippen molar-refractivity contribution in [3.05, 3.63) is 29.8 Å². The first-order chi connectivity index (χ1) is 6.25. The lowest BCUT2D eigenvalue weighted by Crippen LogP contribution is -1.99. The third-order valence-corrected chi connectivity index (χ3v) is 1.64. The summed E-state index contributed by atoms with van der Waals surface area (Å²) in [6.07, 6.45) is 1.91. The van der Waals surface area contributed by atoms with Crippen LogP contribution >= 0.6 is 0 Å². The smallest absolute Gasteiger partial charge is 0.147 e. The van der Waals surface area contributed by atoms with Gasteiger partial charge in [0.05, 0.1) is 12.3 Å². The summed E-state index contributed by atoms with van der Waals surface area (Å²) in [5, 5.41) is 9.46. The van der Waals surface area contributed by atoms with Gasteiger partial charge in [0.15, 0.2) is 0 Å². The van der Waals surface area contributed by atoms with E-state index in [9.17, 15) is 9.50 Å². The van der Waals surface area contributed by atoms with Crippen LogP contribution in [0.3, 0.4) is 0 Å². The molecule has 1 aromatic rings. The Morgan fingerprint density at radius 1 is 1.69 bits per heavy atom. The summed E-state index contributed by atoms with van der Waals surface area (Å²) in [7, 11) is 0. The van der Waals surface area contributed by atoms with Crippen molar-refractivity contribution < 1.29 is 9.50 Å². The number of hydrogen-bond donors (Lipinski definition) is 1. The van der Waals surface area contributed by atoms with Crippen molar-refractivity contribution in [1.29, 1.82) is 0 Å². The van der Waals surface area contributed by atoms with Crippen molar-refractivity contribution in [3.8, 4) is 11.8 Å². The third-order valence-electron chi connectivity index (χ3n) is 1.64. The van der Waals surface area contributed by atoms with E-state index in [0.29, 0.717) is 0 Å². The molecule has 0 aliphatic heterocycles. The minimum absolute atomic E-state index is 0.247. The van der Waals surface area contributed by atoms with Crippen LogP contribution in [0.4, 0.5) is 4.39 Å². The molecule has 1 rings (SSSR count). The number of nitrogens with zero attached hydrogens (tertiary/aromatic N) is 1. The van der Waals surface area contributed by atoms with Crippen LogP contribution in [0, 0.1) is 17.7 Å². The average molecular weight is 179 g/mol. The Kier molecular flexibility index (Phi) is 3.41. The van der Waals surface area contributed by atoms with E-state index < -0.39 is 11.9 Å². The van der Waals surface area contributed by atoms with Gasteiger partial charge in [0.1, 0.15) is 5.82 Å². The van der Waals surface area contributed by atoms with E-state index in [1.807, 2.05) is 0 Å². The van der Waals surface area contributed by atoms with Crippen molar-refractivity contribution in [2.45, 2.75) is 19.4 Å². The Hall–Kier alpha value is -1.40. The molecule has 68 valence electrons. The molecule has 0 bridgehead atoms. The van der Waals surface area contributed by atoms with Gasteiger partial charge in [-0.3, -0.25) is 4.98 Å². The molecule has 1 N–H and O–H groups in total. The molecule has 0 amide bonds. The topological polar surface area (TPSA) is 33.1 Å². The molecule has 2 nitrogen and oxygen atoms in total. The molecule has 1 unspecified atom stereocenters. The number of aliphatic hydroxyl groups is 1. The molecule has 0 fully saturated rings. The molecule has 3 heteroatoms. The lowest BCUT2D eigenvalue weighted by Gasteiger charge is -2.07. The fourth-order valence-corrected chi connectivity index (χ4v) is 0.965. The van der Waals surface area contributed by atoms with Gasteiger partial charge < -0.3 is 5.11 Å². The summed E-state index contributed by atoms with van der Waals surface area (Å²) >= 11 is 0. The molecular formula is C10H10FNO. The molecule has 0 saturated carbocycles. The van der Waals surface area contributed by atoms with Gasteiger partial charge in [-0.15, -0.1) is 11.8 Å². The van der Waals surface area contributed by atoms with Gasteiger partial charge in [-0.05, 0) is 13.0 Å². The largest absolute Gasteiger partial charge is 0.387 e. The van der Waals surface area contributed by atoms with Gasteiger partial charge in [-0.25, -0.2) is 4.39 Å². The maximum absolute atomic E-state index is 13.0. The molecule has 0 aliphatic rings. The Labute approximate surface area is 76.4 Å². The highest BCUT2D eigenvalue weighted by molar-refractivity contribution is 5.17. The number of halogens is 1. The molecule has 0 aromatic carbocycles. The van der Waals surface area contributed by atoms with Crippen LogP contribution in [0.15, 0.2) is 18.5 Å². The first kappa shape index (κ1) is 9.69. The second kappa shape index (κ2) is 4.58. The van der Waals surface area contributed by atoms with Crippen molar-refractivity contribution in [3.63, 3.8) is 0 Å². The lowest BCUT2D eigenvalue weighted by atomic mass is 10.1. The lowest BCUT2D eigenvalue weighted by molar-refractivity contribution is 0.179. The molecule has 0 spiro atoms. The number of hydrogen-bond acceptors (Lipinski definition) is 2. The molecule has 13 heavy (non-hydrogen) atoms. The summed E-state index contributed by atoms with van der Waals surface area (Å²) in [6.45, 7) is 1.68. The predicted octanol–water partition coefficient (Wildman–Crippen LogP) is 1.67. The van der Waals surface area contributed by atoms with Gasteiger partial charge in [0, 0.05) is 18.2 Å². The Morgan fingerprint density at radius 2 is 2.46 bits per heavy atom. The normalized spacial score (nSPS) is 11.6. The van der Waals surface area contributed by atoms with Crippen LogP contribution in [0.5, 0.6) is 0 Å². The van der Waals surface area contributed by atoms with E-state index in [2.05, 4.69) is 16.8 Å². The van der Waals surface area contributed by atoms with E-state index in [1.165, 1.54) is 12.3 Å². The van der Waals surface area contributed by atoms with Gasteiger partial charge in [-0.2, -0.15) is 0 Å². The van der Waals surface area contributed by atoms with Crippen molar-refractivity contribution in [1.82, 2.24) is 4.98 Å². The summed E-state index contributed by atoms with van der Waals surface area (Å²) in [4.78, 5) is 3.59. The fourth-order valence-electron chi connectivity index (χ4n) is 0.965. The van der Waals surface area contributed by atoms with E-state index in [1.54, 1.807) is 6.92 Å². The second-order valence-corrected chi connectivity index (χ2v) is 2.54. The average Bonchev–Trinajstić information content (AvgIpc) is 2.15. The molecule has 1 heterocycles. The zero-order chi connectivity index (χ0) is 9.68. The summed E-state index contributed by atoms with van der Waals surface area (Å²) in [5.41, 5.74) is 0.248. The SMILES string of the molecule is CC#CCC(O)c1ccncc1F. The molecule has 0 saturated heterocycles. The highest BCUT2D eigenvalue weighted by Gasteiger charge is 2.10. The van der Waals surface area contributed by atoms with Crippen LogP contribution in [-0.2, 0) is 0 Å². The number of aliphatic hydroxyl groups excluding tert-OH is 1. The van der Waals surface area contributed by atoms with Gasteiger partial charge in [-0.1, -0.05) is 0 Å². The van der Waals surface area contributed by atoms with Crippen LogP contribution in [0.1, 0.15) is 25.0 Å². The molecule has 1 aromatic heterocycles. The minimum Gasteiger partial charge on any atom is -0.387 e. The molecule has 0 aliphatic carbocycles. The molecular weight excluding hydrogens is 169 g/mol. The summed E-state index contributed by atoms with van der Waals surface area (Å²) in [6, 6.07) is 1.46. The zero-order valence-electron chi connectivity index (χ0n) is 7.29. The minimum atomic E-state index is -0.865. The highest BCUT2D eigenvalue weighted by atomic mass is 19.1. The molecule has 1 atom stereocenters. The molecule has 0 radical (unpaired) electrons. The first-order valence-electron chi connectivity index (χ1n) is 3.92. The monoisotopic (exact) mass is 179 g/mol. The van der Waals surface area contributed by atoms with Gasteiger partial charge >= 0.3 is 0 Å². The van der Waals surface area contributed by atoms with Crippen LogP contribution in [0.2, 0.25) is 0 Å². The number of aromatic nitrogens is 1. The summed E-state index contributed by atoms with van der Waals surface area (Å²) < 4.78 is 13.0. The van der Waals surface area contributed by atoms with E-state index in [4.69, 9.17) is 0 Å². The van der Waals surface area contributed by atoms with E-state index >= 15 is 0 Å². The zero-order valence-corrected chi connectivity index (χ0v) is 7.29. The van der Waals surface area contributed by atoms with Crippen molar-refractivity contribution in [2.75, 3.05) is 0 Å². The second-order valence-electron chi connectivity index (χ2n) is 2.54. The van der Waals surface area contributed by atoms with Gasteiger partial charge in [0.2, 0.25) is 0 Å². The Balaban J connectivity index is 2.80. The van der Waals surface area contributed by atoms with Crippen molar-refractivity contribution >= 4 is 0 Å². The standard InChI is InChI=1S/C10H10FNO/c1-2-3-4-10(13)8-5-6-12-7-9(8)11/h5-7,10,13H,4H2,1H3. The predicted molar refractivity (Wildman–Crippen MR) is 47.2 cm³/mol. The quantitative estimate of drug-likeness (QED) is 0.700. The van der Waals surface area contributed by atoms with Crippen LogP contribution in [0.25, 0.3) is 0 Å². The Morgan fingerprint density at radius 3 is 3.08 bits per heavy atom. The van der Waals surface area contributed by atoms with Crippen LogP contribution < -0.4 is 0 Å². The van der Waals surface area contributed by atoms with Gasteiger partial charge in [0.25, 0.3) is 0 Å².